The molecule has 0 saturated carbocycles. The van der Waals surface area contributed by atoms with E-state index in [9.17, 15) is 4.79 Å². The number of nitrogens with zero attached hydrogens (tertiary/aromatic N) is 1. The molecule has 21 heavy (non-hydrogen) atoms. The smallest absolute Gasteiger partial charge is 0.282 e. The van der Waals surface area contributed by atoms with Crippen molar-refractivity contribution in [3.8, 4) is 6.07 Å². The SMILES string of the molecule is C[C@H]1C[C@H](C)C[NH+]([C@@H](C)C(=O)Nc2ccccc2C#N)C1. The van der Waals surface area contributed by atoms with Crippen molar-refractivity contribution in [2.45, 2.75) is 33.2 Å². The summed E-state index contributed by atoms with van der Waals surface area (Å²) in [5.74, 6) is 1.31. The number of quaternary nitrogens is 1. The molecule has 0 spiro atoms. The maximum absolute atomic E-state index is 12.5. The molecule has 4 heteroatoms. The first-order chi connectivity index (χ1) is 10.0. The molecule has 0 aliphatic carbocycles. The summed E-state index contributed by atoms with van der Waals surface area (Å²) >= 11 is 0. The average molecular weight is 286 g/mol. The van der Waals surface area contributed by atoms with Crippen molar-refractivity contribution >= 4 is 11.6 Å². The van der Waals surface area contributed by atoms with Gasteiger partial charge in [-0.2, -0.15) is 5.26 Å². The van der Waals surface area contributed by atoms with Crippen molar-refractivity contribution in [3.63, 3.8) is 0 Å². The van der Waals surface area contributed by atoms with Crippen LogP contribution in [-0.4, -0.2) is 25.0 Å². The number of likely N-dealkylation sites (tertiary alicyclic amines) is 1. The molecule has 1 heterocycles. The van der Waals surface area contributed by atoms with Crippen LogP contribution in [0.25, 0.3) is 0 Å². The second-order valence-electron chi connectivity index (χ2n) is 6.38. The number of rotatable bonds is 3. The molecule has 4 nitrogen and oxygen atoms in total. The fourth-order valence-corrected chi connectivity index (χ4v) is 3.30. The summed E-state index contributed by atoms with van der Waals surface area (Å²) in [5, 5.41) is 12.0. The Morgan fingerprint density at radius 1 is 1.33 bits per heavy atom. The van der Waals surface area contributed by atoms with Crippen molar-refractivity contribution in [3.05, 3.63) is 29.8 Å². The summed E-state index contributed by atoms with van der Waals surface area (Å²) in [5.41, 5.74) is 1.11. The van der Waals surface area contributed by atoms with Crippen LogP contribution in [0.5, 0.6) is 0 Å². The first kappa shape index (κ1) is 15.5. The van der Waals surface area contributed by atoms with E-state index in [4.69, 9.17) is 5.26 Å². The number of carbonyl (C=O) groups excluding carboxylic acids is 1. The lowest BCUT2D eigenvalue weighted by atomic mass is 9.91. The number of para-hydroxylation sites is 1. The third-order valence-electron chi connectivity index (χ3n) is 4.34. The number of amides is 1. The molecule has 112 valence electrons. The van der Waals surface area contributed by atoms with E-state index in [2.05, 4.69) is 25.2 Å². The summed E-state index contributed by atoms with van der Waals surface area (Å²) < 4.78 is 0. The largest absolute Gasteiger partial charge is 0.324 e. The minimum Gasteiger partial charge on any atom is -0.324 e. The van der Waals surface area contributed by atoms with E-state index in [1.54, 1.807) is 18.2 Å². The highest BCUT2D eigenvalue weighted by Gasteiger charge is 2.32. The minimum atomic E-state index is -0.0954. The predicted octanol–water partition coefficient (Wildman–Crippen LogP) is 1.45. The molecule has 1 amide bonds. The van der Waals surface area contributed by atoms with Crippen LogP contribution in [0, 0.1) is 23.2 Å². The molecular weight excluding hydrogens is 262 g/mol. The van der Waals surface area contributed by atoms with E-state index in [0.717, 1.165) is 13.1 Å². The Morgan fingerprint density at radius 2 is 1.95 bits per heavy atom. The van der Waals surface area contributed by atoms with Crippen LogP contribution in [-0.2, 0) is 4.79 Å². The molecule has 2 rings (SSSR count). The minimum absolute atomic E-state index is 0.00556. The Labute approximate surface area is 126 Å². The molecule has 0 aromatic heterocycles. The lowest BCUT2D eigenvalue weighted by Crippen LogP contribution is -3.18. The number of hydrogen-bond donors (Lipinski definition) is 2. The van der Waals surface area contributed by atoms with Crippen LogP contribution in [0.1, 0.15) is 32.8 Å². The van der Waals surface area contributed by atoms with Crippen LogP contribution < -0.4 is 10.2 Å². The van der Waals surface area contributed by atoms with E-state index in [1.165, 1.54) is 11.3 Å². The quantitative estimate of drug-likeness (QED) is 0.883. The first-order valence-electron chi connectivity index (χ1n) is 7.65. The standard InChI is InChI=1S/C17H23N3O/c1-12-8-13(2)11-20(10-12)14(3)17(21)19-16-7-5-4-6-15(16)9-18/h4-7,12-14H,8,10-11H2,1-3H3,(H,19,21)/p+1/t12-,13-,14-/m0/s1. The summed E-state index contributed by atoms with van der Waals surface area (Å²) in [6, 6.07) is 9.15. The van der Waals surface area contributed by atoms with Crippen molar-refractivity contribution in [1.29, 1.82) is 5.26 Å². The number of nitriles is 1. The topological polar surface area (TPSA) is 57.3 Å². The van der Waals surface area contributed by atoms with Crippen LogP contribution >= 0.6 is 0 Å². The number of benzene rings is 1. The molecule has 0 unspecified atom stereocenters. The normalized spacial score (nSPS) is 26.7. The zero-order valence-corrected chi connectivity index (χ0v) is 13.0. The Kier molecular flexibility index (Phi) is 4.98. The van der Waals surface area contributed by atoms with Crippen molar-refractivity contribution in [2.24, 2.45) is 11.8 Å². The third-order valence-corrected chi connectivity index (χ3v) is 4.34. The van der Waals surface area contributed by atoms with Gasteiger partial charge in [0.2, 0.25) is 0 Å². The molecule has 1 fully saturated rings. The van der Waals surface area contributed by atoms with Gasteiger partial charge in [-0.15, -0.1) is 0 Å². The molecule has 1 aromatic rings. The van der Waals surface area contributed by atoms with Crippen molar-refractivity contribution in [2.75, 3.05) is 18.4 Å². The molecular formula is C17H24N3O+. The molecule has 0 bridgehead atoms. The van der Waals surface area contributed by atoms with E-state index in [-0.39, 0.29) is 11.9 Å². The van der Waals surface area contributed by atoms with Crippen LogP contribution in [0.3, 0.4) is 0 Å². The molecule has 1 aliphatic heterocycles. The Hall–Kier alpha value is -1.86. The number of piperidine rings is 1. The van der Waals surface area contributed by atoms with Gasteiger partial charge >= 0.3 is 0 Å². The maximum atomic E-state index is 12.5. The fourth-order valence-electron chi connectivity index (χ4n) is 3.30. The molecule has 1 aliphatic rings. The van der Waals surface area contributed by atoms with E-state index >= 15 is 0 Å². The lowest BCUT2D eigenvalue weighted by molar-refractivity contribution is -0.925. The second kappa shape index (κ2) is 6.73. The van der Waals surface area contributed by atoms with E-state index in [1.807, 2.05) is 13.0 Å². The van der Waals surface area contributed by atoms with Crippen molar-refractivity contribution < 1.29 is 9.69 Å². The highest BCUT2D eigenvalue weighted by atomic mass is 16.2. The Morgan fingerprint density at radius 3 is 2.57 bits per heavy atom. The van der Waals surface area contributed by atoms with Gasteiger partial charge in [0.05, 0.1) is 24.3 Å². The van der Waals surface area contributed by atoms with Gasteiger partial charge in [0.25, 0.3) is 5.91 Å². The zero-order valence-electron chi connectivity index (χ0n) is 13.0. The van der Waals surface area contributed by atoms with Crippen LogP contribution in [0.15, 0.2) is 24.3 Å². The van der Waals surface area contributed by atoms with Gasteiger partial charge < -0.3 is 10.2 Å². The van der Waals surface area contributed by atoms with Gasteiger partial charge in [0.15, 0.2) is 6.04 Å². The summed E-state index contributed by atoms with van der Waals surface area (Å²) in [6.45, 7) is 8.57. The molecule has 2 N–H and O–H groups in total. The number of carbonyl (C=O) groups is 1. The summed E-state index contributed by atoms with van der Waals surface area (Å²) in [6.07, 6.45) is 1.25. The highest BCUT2D eigenvalue weighted by molar-refractivity contribution is 5.94. The lowest BCUT2D eigenvalue weighted by Gasteiger charge is -2.35. The fraction of sp³-hybridized carbons (Fsp3) is 0.529. The molecule has 0 radical (unpaired) electrons. The van der Waals surface area contributed by atoms with E-state index in [0.29, 0.717) is 23.1 Å². The number of anilines is 1. The molecule has 1 saturated heterocycles. The van der Waals surface area contributed by atoms with Crippen LogP contribution in [0.4, 0.5) is 5.69 Å². The van der Waals surface area contributed by atoms with Gasteiger partial charge in [-0.05, 0) is 25.5 Å². The number of nitrogens with one attached hydrogen (secondary N) is 2. The van der Waals surface area contributed by atoms with Gasteiger partial charge in [-0.3, -0.25) is 4.79 Å². The third kappa shape index (κ3) is 3.83. The zero-order chi connectivity index (χ0) is 15.4. The Bertz CT molecular complexity index is 539. The van der Waals surface area contributed by atoms with Crippen LogP contribution in [0.2, 0.25) is 0 Å². The van der Waals surface area contributed by atoms with Gasteiger partial charge in [-0.25, -0.2) is 0 Å². The maximum Gasteiger partial charge on any atom is 0.282 e. The van der Waals surface area contributed by atoms with E-state index < -0.39 is 0 Å². The highest BCUT2D eigenvalue weighted by Crippen LogP contribution is 2.15. The molecule has 1 aromatic carbocycles. The predicted molar refractivity (Wildman–Crippen MR) is 82.9 cm³/mol. The van der Waals surface area contributed by atoms with Gasteiger partial charge in [0.1, 0.15) is 6.07 Å². The monoisotopic (exact) mass is 286 g/mol. The van der Waals surface area contributed by atoms with Crippen molar-refractivity contribution in [1.82, 2.24) is 0 Å². The first-order valence-corrected chi connectivity index (χ1v) is 7.65. The number of hydrogen-bond acceptors (Lipinski definition) is 2. The van der Waals surface area contributed by atoms with Gasteiger partial charge in [-0.1, -0.05) is 26.0 Å². The molecule has 3 atom stereocenters. The summed E-state index contributed by atoms with van der Waals surface area (Å²) in [4.78, 5) is 13.8. The average Bonchev–Trinajstić information content (AvgIpc) is 2.46. The second-order valence-corrected chi connectivity index (χ2v) is 6.38. The van der Waals surface area contributed by atoms with Gasteiger partial charge in [0, 0.05) is 11.8 Å². The summed E-state index contributed by atoms with van der Waals surface area (Å²) in [7, 11) is 0. The Balaban J connectivity index is 2.04.